The molecule has 5 heteroatoms. The number of likely N-dealkylation sites (N-methyl/N-ethyl adjacent to an activating group) is 1. The van der Waals surface area contributed by atoms with E-state index in [0.29, 0.717) is 18.8 Å². The van der Waals surface area contributed by atoms with Crippen molar-refractivity contribution in [1.29, 1.82) is 0 Å². The van der Waals surface area contributed by atoms with E-state index in [4.69, 9.17) is 10.5 Å². The minimum atomic E-state index is -0.396. The van der Waals surface area contributed by atoms with Crippen molar-refractivity contribution in [3.8, 4) is 0 Å². The highest BCUT2D eigenvalue weighted by Gasteiger charge is 2.03. The Balaban J connectivity index is 1.80. The Bertz CT molecular complexity index is 808. The van der Waals surface area contributed by atoms with E-state index < -0.39 is 5.97 Å². The highest BCUT2D eigenvalue weighted by molar-refractivity contribution is 5.82. The van der Waals surface area contributed by atoms with E-state index in [1.54, 1.807) is 13.1 Å². The van der Waals surface area contributed by atoms with Gasteiger partial charge in [0.25, 0.3) is 0 Å². The maximum atomic E-state index is 11.4. The smallest absolute Gasteiger partial charge is 0.332 e. The van der Waals surface area contributed by atoms with Crippen LogP contribution in [0.15, 0.2) is 66.1 Å². The van der Waals surface area contributed by atoms with E-state index in [-0.39, 0.29) is 0 Å². The van der Waals surface area contributed by atoms with Crippen LogP contribution in [0.3, 0.4) is 0 Å². The molecule has 148 valence electrons. The van der Waals surface area contributed by atoms with E-state index in [1.807, 2.05) is 19.3 Å². The zero-order valence-corrected chi connectivity index (χ0v) is 16.9. The van der Waals surface area contributed by atoms with Crippen LogP contribution in [0.2, 0.25) is 0 Å². The predicted octanol–water partition coefficient (Wildman–Crippen LogP) is 3.41. The first-order valence-corrected chi connectivity index (χ1v) is 9.36. The fraction of sp³-hybridized carbons (Fsp3) is 0.304. The molecule has 1 aromatic carbocycles. The molecule has 0 unspecified atom stereocenters. The number of nitrogens with zero attached hydrogens (tertiary/aromatic N) is 2. The number of benzene rings is 1. The summed E-state index contributed by atoms with van der Waals surface area (Å²) in [6, 6.07) is 12.6. The summed E-state index contributed by atoms with van der Waals surface area (Å²) in [6.07, 6.45) is 8.05. The van der Waals surface area contributed by atoms with Crippen LogP contribution in [-0.4, -0.2) is 42.6 Å². The van der Waals surface area contributed by atoms with Gasteiger partial charge in [-0.1, -0.05) is 42.0 Å². The lowest BCUT2D eigenvalue weighted by Gasteiger charge is -2.16. The molecule has 0 atom stereocenters. The third kappa shape index (κ3) is 8.18. The third-order valence-corrected chi connectivity index (χ3v) is 4.11. The molecule has 2 N–H and O–H groups in total. The van der Waals surface area contributed by atoms with Crippen LogP contribution in [0.5, 0.6) is 0 Å². The van der Waals surface area contributed by atoms with Gasteiger partial charge in [-0.25, -0.2) is 4.79 Å². The van der Waals surface area contributed by atoms with Crippen molar-refractivity contribution in [3.63, 3.8) is 0 Å². The molecule has 2 rings (SSSR count). The second-order valence-electron chi connectivity index (χ2n) is 7.06. The van der Waals surface area contributed by atoms with E-state index in [0.717, 1.165) is 13.0 Å². The molecule has 0 amide bonds. The highest BCUT2D eigenvalue weighted by atomic mass is 16.5. The molecule has 0 aliphatic heterocycles. The van der Waals surface area contributed by atoms with Crippen molar-refractivity contribution in [2.24, 2.45) is 5.73 Å². The Labute approximate surface area is 167 Å². The van der Waals surface area contributed by atoms with E-state index in [9.17, 15) is 4.79 Å². The van der Waals surface area contributed by atoms with Crippen LogP contribution in [-0.2, 0) is 16.0 Å². The second-order valence-corrected chi connectivity index (χ2v) is 7.06. The highest BCUT2D eigenvalue weighted by Crippen LogP contribution is 2.13. The van der Waals surface area contributed by atoms with E-state index >= 15 is 0 Å². The van der Waals surface area contributed by atoms with Gasteiger partial charge < -0.3 is 10.5 Å². The second kappa shape index (κ2) is 11.0. The molecule has 0 radical (unpaired) electrons. The van der Waals surface area contributed by atoms with Crippen LogP contribution in [0.1, 0.15) is 30.5 Å². The first-order valence-electron chi connectivity index (χ1n) is 9.36. The minimum absolute atomic E-state index is 0.343. The Morgan fingerprint density at radius 3 is 2.57 bits per heavy atom. The molecule has 0 saturated carbocycles. The fourth-order valence-corrected chi connectivity index (χ4v) is 2.83. The summed E-state index contributed by atoms with van der Waals surface area (Å²) < 4.78 is 5.12. The third-order valence-electron chi connectivity index (χ3n) is 4.11. The Morgan fingerprint density at radius 2 is 1.93 bits per heavy atom. The van der Waals surface area contributed by atoms with Gasteiger partial charge in [-0.05, 0) is 50.1 Å². The van der Waals surface area contributed by atoms with Crippen LogP contribution < -0.4 is 5.73 Å². The molecule has 0 aliphatic carbocycles. The summed E-state index contributed by atoms with van der Waals surface area (Å²) in [5.74, 6) is -0.396. The quantitative estimate of drug-likeness (QED) is 0.534. The van der Waals surface area contributed by atoms with Crippen LogP contribution in [0.4, 0.5) is 0 Å². The molecule has 1 heterocycles. The molecule has 2 aromatic rings. The van der Waals surface area contributed by atoms with Gasteiger partial charge in [0.1, 0.15) is 6.61 Å². The summed E-state index contributed by atoms with van der Waals surface area (Å²) in [4.78, 5) is 17.7. The Morgan fingerprint density at radius 1 is 1.18 bits per heavy atom. The molecule has 0 spiro atoms. The van der Waals surface area contributed by atoms with Gasteiger partial charge in [-0.15, -0.1) is 0 Å². The lowest BCUT2D eigenvalue weighted by molar-refractivity contribution is -0.138. The lowest BCUT2D eigenvalue weighted by atomic mass is 10.0. The van der Waals surface area contributed by atoms with Crippen molar-refractivity contribution in [1.82, 2.24) is 9.88 Å². The standard InChI is InChI=1S/C23H29N3O2/c1-18(17-26(3)11-12-28-23(27)14-19(2)24)13-20-6-8-21(9-7-20)15-22-5-4-10-25-16-22/h4-10,13-14,16H,11-12,15,17,24H2,1-3H3/b18-13?,19-14-. The lowest BCUT2D eigenvalue weighted by Crippen LogP contribution is -2.25. The number of ether oxygens (including phenoxy) is 1. The molecule has 0 aliphatic rings. The van der Waals surface area contributed by atoms with Crippen molar-refractivity contribution < 1.29 is 9.53 Å². The summed E-state index contributed by atoms with van der Waals surface area (Å²) in [5.41, 5.74) is 10.8. The number of aromatic nitrogens is 1. The number of rotatable bonds is 9. The Kier molecular flexibility index (Phi) is 8.43. The summed E-state index contributed by atoms with van der Waals surface area (Å²) >= 11 is 0. The van der Waals surface area contributed by atoms with Crippen molar-refractivity contribution in [2.45, 2.75) is 20.3 Å². The molecule has 1 aromatic heterocycles. The van der Waals surface area contributed by atoms with E-state index in [1.165, 1.54) is 28.3 Å². The number of allylic oxidation sites excluding steroid dienone is 1. The van der Waals surface area contributed by atoms with Crippen molar-refractivity contribution in [3.05, 3.63) is 82.8 Å². The van der Waals surface area contributed by atoms with Crippen molar-refractivity contribution in [2.75, 3.05) is 26.7 Å². The average Bonchev–Trinajstić information content (AvgIpc) is 2.63. The molecular weight excluding hydrogens is 350 g/mol. The van der Waals surface area contributed by atoms with Gasteiger partial charge in [0.2, 0.25) is 0 Å². The zero-order valence-electron chi connectivity index (χ0n) is 16.9. The fourth-order valence-electron chi connectivity index (χ4n) is 2.83. The number of pyridine rings is 1. The number of carbonyl (C=O) groups is 1. The predicted molar refractivity (Wildman–Crippen MR) is 114 cm³/mol. The zero-order chi connectivity index (χ0) is 20.4. The average molecular weight is 380 g/mol. The van der Waals surface area contributed by atoms with Crippen LogP contribution in [0.25, 0.3) is 6.08 Å². The van der Waals surface area contributed by atoms with E-state index in [2.05, 4.69) is 53.2 Å². The number of hydrogen-bond acceptors (Lipinski definition) is 5. The monoisotopic (exact) mass is 379 g/mol. The number of carbonyl (C=O) groups excluding carboxylic acids is 1. The first-order chi connectivity index (χ1) is 13.4. The van der Waals surface area contributed by atoms with Crippen molar-refractivity contribution >= 4 is 12.0 Å². The molecule has 0 saturated heterocycles. The van der Waals surface area contributed by atoms with Gasteiger partial charge in [0.05, 0.1) is 0 Å². The topological polar surface area (TPSA) is 68.5 Å². The SMILES string of the molecule is CC(=Cc1ccc(Cc2cccnc2)cc1)CN(C)CCOC(=O)/C=C(/C)N. The maximum Gasteiger partial charge on any atom is 0.332 e. The normalized spacial score (nSPS) is 12.3. The molecule has 0 fully saturated rings. The number of esters is 1. The largest absolute Gasteiger partial charge is 0.461 e. The summed E-state index contributed by atoms with van der Waals surface area (Å²) in [6.45, 7) is 5.58. The maximum absolute atomic E-state index is 11.4. The van der Waals surface area contributed by atoms with Crippen LogP contribution >= 0.6 is 0 Å². The van der Waals surface area contributed by atoms with Gasteiger partial charge in [-0.3, -0.25) is 9.88 Å². The molecule has 28 heavy (non-hydrogen) atoms. The number of nitrogens with two attached hydrogens (primary N) is 1. The van der Waals surface area contributed by atoms with Gasteiger partial charge in [0, 0.05) is 37.3 Å². The molecular formula is C23H29N3O2. The van der Waals surface area contributed by atoms with Crippen LogP contribution in [0, 0.1) is 0 Å². The number of hydrogen-bond donors (Lipinski definition) is 1. The minimum Gasteiger partial charge on any atom is -0.461 e. The van der Waals surface area contributed by atoms with Gasteiger partial charge in [-0.2, -0.15) is 0 Å². The summed E-state index contributed by atoms with van der Waals surface area (Å²) in [5, 5.41) is 0. The molecule has 0 bridgehead atoms. The van der Waals surface area contributed by atoms with Gasteiger partial charge >= 0.3 is 5.97 Å². The Hall–Kier alpha value is -2.92. The molecule has 5 nitrogen and oxygen atoms in total. The first kappa shape index (κ1) is 21.4. The van der Waals surface area contributed by atoms with Gasteiger partial charge in [0.15, 0.2) is 0 Å². The summed E-state index contributed by atoms with van der Waals surface area (Å²) in [7, 11) is 2.01.